The van der Waals surface area contributed by atoms with E-state index in [2.05, 4.69) is 5.32 Å². The molecule has 1 saturated heterocycles. The normalized spacial score (nSPS) is 18.2. The Bertz CT molecular complexity index is 995. The van der Waals surface area contributed by atoms with Crippen LogP contribution in [0.5, 0.6) is 0 Å². The molecule has 2 aromatic rings. The average Bonchev–Trinajstić information content (AvgIpc) is 3.16. The van der Waals surface area contributed by atoms with Gasteiger partial charge in [-0.3, -0.25) is 4.79 Å². The van der Waals surface area contributed by atoms with Gasteiger partial charge >= 0.3 is 12.1 Å². The number of hydrogen-bond donors (Lipinski definition) is 2. The molecule has 9 heteroatoms. The van der Waals surface area contributed by atoms with E-state index in [0.717, 1.165) is 22.3 Å². The molecule has 0 radical (unpaired) electrons. The van der Waals surface area contributed by atoms with Crippen molar-refractivity contribution in [1.82, 2.24) is 10.2 Å². The first-order valence-electron chi connectivity index (χ1n) is 10.7. The number of benzene rings is 2. The number of alkyl carbamates (subject to hydrolysis) is 1. The second kappa shape index (κ2) is 10.0. The molecule has 2 amide bonds. The Morgan fingerprint density at radius 1 is 1.12 bits per heavy atom. The fourth-order valence-corrected chi connectivity index (χ4v) is 4.34. The molecule has 1 fully saturated rings. The molecule has 0 aromatic heterocycles. The summed E-state index contributed by atoms with van der Waals surface area (Å²) in [6.07, 6.45) is -1.84. The first kappa shape index (κ1) is 22.8. The third-order valence-corrected chi connectivity index (χ3v) is 5.92. The van der Waals surface area contributed by atoms with Crippen LogP contribution in [-0.2, 0) is 23.8 Å². The second-order valence-corrected chi connectivity index (χ2v) is 7.96. The van der Waals surface area contributed by atoms with Gasteiger partial charge in [0.05, 0.1) is 19.8 Å². The van der Waals surface area contributed by atoms with E-state index in [0.29, 0.717) is 0 Å². The summed E-state index contributed by atoms with van der Waals surface area (Å²) in [5, 5.41) is 11.7. The molecule has 2 N–H and O–H groups in total. The van der Waals surface area contributed by atoms with Crippen LogP contribution in [0, 0.1) is 0 Å². The first-order chi connectivity index (χ1) is 16.0. The Balaban J connectivity index is 1.40. The topological polar surface area (TPSA) is 114 Å². The molecule has 174 valence electrons. The third kappa shape index (κ3) is 4.84. The van der Waals surface area contributed by atoms with Crippen molar-refractivity contribution in [2.75, 3.05) is 40.0 Å². The van der Waals surface area contributed by atoms with Gasteiger partial charge in [-0.15, -0.1) is 0 Å². The predicted octanol–water partition coefficient (Wildman–Crippen LogP) is 1.85. The lowest BCUT2D eigenvalue weighted by molar-refractivity contribution is -0.160. The standard InChI is InChI=1S/C24H26N2O7/c1-31-14-20(22(27)26-10-11-32-21(12-26)23(28)29)25-24(30)33-13-19-17-8-4-2-6-15(17)16-7-3-5-9-18(16)19/h2-9,19-21H,10-14H2,1H3,(H,25,30)(H,28,29)/t20-,21?/m0/s1. The first-order valence-corrected chi connectivity index (χ1v) is 10.7. The number of hydrogen-bond acceptors (Lipinski definition) is 6. The maximum Gasteiger partial charge on any atom is 0.407 e. The molecule has 9 nitrogen and oxygen atoms in total. The van der Waals surface area contributed by atoms with E-state index in [1.54, 1.807) is 0 Å². The van der Waals surface area contributed by atoms with Gasteiger partial charge < -0.3 is 29.5 Å². The number of rotatable bonds is 7. The van der Waals surface area contributed by atoms with Crippen LogP contribution in [0.2, 0.25) is 0 Å². The zero-order chi connectivity index (χ0) is 23.4. The van der Waals surface area contributed by atoms with Crippen molar-refractivity contribution in [2.24, 2.45) is 0 Å². The van der Waals surface area contributed by atoms with Crippen LogP contribution < -0.4 is 5.32 Å². The number of carboxylic acids is 1. The van der Waals surface area contributed by atoms with Gasteiger partial charge in [0, 0.05) is 19.6 Å². The lowest BCUT2D eigenvalue weighted by Crippen LogP contribution is -2.56. The molecule has 0 saturated carbocycles. The molecule has 33 heavy (non-hydrogen) atoms. The van der Waals surface area contributed by atoms with Gasteiger partial charge in [-0.1, -0.05) is 48.5 Å². The summed E-state index contributed by atoms with van der Waals surface area (Å²) in [7, 11) is 1.42. The number of aliphatic carboxylic acids is 1. The molecule has 1 heterocycles. The van der Waals surface area contributed by atoms with Crippen molar-refractivity contribution in [3.8, 4) is 11.1 Å². The lowest BCUT2D eigenvalue weighted by atomic mass is 9.98. The van der Waals surface area contributed by atoms with Crippen LogP contribution in [0.4, 0.5) is 4.79 Å². The van der Waals surface area contributed by atoms with Crippen LogP contribution in [0.3, 0.4) is 0 Å². The highest BCUT2D eigenvalue weighted by atomic mass is 16.5. The van der Waals surface area contributed by atoms with E-state index in [-0.39, 0.29) is 38.8 Å². The molecular formula is C24H26N2O7. The average molecular weight is 454 g/mol. The minimum absolute atomic E-state index is 0.0713. The maximum absolute atomic E-state index is 12.9. The lowest BCUT2D eigenvalue weighted by Gasteiger charge is -2.33. The van der Waals surface area contributed by atoms with Crippen LogP contribution >= 0.6 is 0 Å². The largest absolute Gasteiger partial charge is 0.479 e. The molecule has 2 atom stereocenters. The van der Waals surface area contributed by atoms with Gasteiger partial charge in [-0.05, 0) is 22.3 Å². The van der Waals surface area contributed by atoms with Crippen molar-refractivity contribution >= 4 is 18.0 Å². The van der Waals surface area contributed by atoms with Gasteiger partial charge in [0.15, 0.2) is 6.10 Å². The summed E-state index contributed by atoms with van der Waals surface area (Å²) in [4.78, 5) is 38.1. The summed E-state index contributed by atoms with van der Waals surface area (Å²) < 4.78 is 15.8. The number of methoxy groups -OCH3 is 1. The summed E-state index contributed by atoms with van der Waals surface area (Å²) in [6.45, 7) is 0.286. The molecule has 1 aliphatic heterocycles. The minimum atomic E-state index is -1.14. The Hall–Kier alpha value is -3.43. The van der Waals surface area contributed by atoms with Crippen molar-refractivity contribution < 1.29 is 33.7 Å². The number of amides is 2. The van der Waals surface area contributed by atoms with Gasteiger partial charge in [0.2, 0.25) is 5.91 Å². The fourth-order valence-electron chi connectivity index (χ4n) is 4.34. The molecule has 1 aliphatic carbocycles. The monoisotopic (exact) mass is 454 g/mol. The van der Waals surface area contributed by atoms with Crippen LogP contribution in [0.1, 0.15) is 17.0 Å². The highest BCUT2D eigenvalue weighted by Gasteiger charge is 2.34. The van der Waals surface area contributed by atoms with Crippen molar-refractivity contribution in [3.63, 3.8) is 0 Å². The molecule has 0 bridgehead atoms. The molecule has 2 aliphatic rings. The number of nitrogens with one attached hydrogen (secondary N) is 1. The van der Waals surface area contributed by atoms with Gasteiger partial charge in [0.25, 0.3) is 0 Å². The third-order valence-electron chi connectivity index (χ3n) is 5.92. The van der Waals surface area contributed by atoms with Crippen LogP contribution in [0.25, 0.3) is 11.1 Å². The molecule has 0 spiro atoms. The smallest absolute Gasteiger partial charge is 0.407 e. The summed E-state index contributed by atoms with van der Waals surface area (Å²) in [6, 6.07) is 15.0. The van der Waals surface area contributed by atoms with Crippen molar-refractivity contribution in [2.45, 2.75) is 18.1 Å². The minimum Gasteiger partial charge on any atom is -0.479 e. The van der Waals surface area contributed by atoms with E-state index < -0.39 is 30.1 Å². The molecule has 2 aromatic carbocycles. The Labute approximate surface area is 191 Å². The van der Waals surface area contributed by atoms with Gasteiger partial charge in [-0.2, -0.15) is 0 Å². The van der Waals surface area contributed by atoms with Crippen LogP contribution in [-0.4, -0.2) is 80.1 Å². The number of carboxylic acid groups (broad SMARTS) is 1. The van der Waals surface area contributed by atoms with Crippen LogP contribution in [0.15, 0.2) is 48.5 Å². The van der Waals surface area contributed by atoms with Gasteiger partial charge in [-0.25, -0.2) is 9.59 Å². The second-order valence-electron chi connectivity index (χ2n) is 7.96. The van der Waals surface area contributed by atoms with E-state index in [9.17, 15) is 14.4 Å². The van der Waals surface area contributed by atoms with Crippen molar-refractivity contribution in [3.05, 3.63) is 59.7 Å². The van der Waals surface area contributed by atoms with E-state index in [1.165, 1.54) is 12.0 Å². The summed E-state index contributed by atoms with van der Waals surface area (Å²) >= 11 is 0. The van der Waals surface area contributed by atoms with E-state index in [4.69, 9.17) is 19.3 Å². The Morgan fingerprint density at radius 2 is 1.76 bits per heavy atom. The zero-order valence-corrected chi connectivity index (χ0v) is 18.2. The predicted molar refractivity (Wildman–Crippen MR) is 118 cm³/mol. The summed E-state index contributed by atoms with van der Waals surface area (Å²) in [5.74, 6) is -1.68. The number of ether oxygens (including phenoxy) is 3. The molecule has 4 rings (SSSR count). The Kier molecular flexibility index (Phi) is 6.90. The van der Waals surface area contributed by atoms with E-state index >= 15 is 0 Å². The SMILES string of the molecule is COC[C@H](NC(=O)OCC1c2ccccc2-c2ccccc21)C(=O)N1CCOC(C(=O)O)C1. The summed E-state index contributed by atoms with van der Waals surface area (Å²) in [5.41, 5.74) is 4.41. The van der Waals surface area contributed by atoms with Crippen molar-refractivity contribution in [1.29, 1.82) is 0 Å². The van der Waals surface area contributed by atoms with E-state index in [1.807, 2.05) is 48.5 Å². The fraction of sp³-hybridized carbons (Fsp3) is 0.375. The number of nitrogens with zero attached hydrogens (tertiary/aromatic N) is 1. The number of carbonyl (C=O) groups excluding carboxylic acids is 2. The van der Waals surface area contributed by atoms with Gasteiger partial charge in [0.1, 0.15) is 12.6 Å². The molecule has 1 unspecified atom stereocenters. The maximum atomic E-state index is 12.9. The molecular weight excluding hydrogens is 428 g/mol. The number of morpholine rings is 1. The highest BCUT2D eigenvalue weighted by molar-refractivity contribution is 5.87. The highest BCUT2D eigenvalue weighted by Crippen LogP contribution is 2.44. The quantitative estimate of drug-likeness (QED) is 0.656. The number of carbonyl (C=O) groups is 3. The Morgan fingerprint density at radius 3 is 2.36 bits per heavy atom. The zero-order valence-electron chi connectivity index (χ0n) is 18.2. The number of fused-ring (bicyclic) bond motifs is 3.